The third-order valence-electron chi connectivity index (χ3n) is 3.61. The quantitative estimate of drug-likeness (QED) is 0.476. The minimum atomic E-state index is -0.266. The average Bonchev–Trinajstić information content (AvgIpc) is 3.02. The van der Waals surface area contributed by atoms with Gasteiger partial charge in [-0.3, -0.25) is 9.59 Å². The highest BCUT2D eigenvalue weighted by molar-refractivity contribution is 5.91. The molecule has 1 fully saturated rings. The molecule has 114 valence electrons. The number of ether oxygens (including phenoxy) is 1. The van der Waals surface area contributed by atoms with E-state index in [0.29, 0.717) is 37.0 Å². The number of rotatable bonds is 7. The van der Waals surface area contributed by atoms with Crippen molar-refractivity contribution < 1.29 is 18.7 Å². The molecule has 2 rings (SSSR count). The number of methoxy groups -OCH3 is 1. The van der Waals surface area contributed by atoms with Crippen LogP contribution in [0.15, 0.2) is 22.6 Å². The second kappa shape index (κ2) is 7.11. The fourth-order valence-electron chi connectivity index (χ4n) is 2.14. The van der Waals surface area contributed by atoms with Gasteiger partial charge in [-0.1, -0.05) is 6.92 Å². The molecule has 1 N–H and O–H groups in total. The maximum atomic E-state index is 11.6. The predicted octanol–water partition coefficient (Wildman–Crippen LogP) is 2.49. The highest BCUT2D eigenvalue weighted by Crippen LogP contribution is 2.47. The topological polar surface area (TPSA) is 68.5 Å². The summed E-state index contributed by atoms with van der Waals surface area (Å²) in [5.74, 6) is 2.47. The summed E-state index contributed by atoms with van der Waals surface area (Å²) in [4.78, 5) is 22.5. The molecule has 1 heterocycles. The Labute approximate surface area is 124 Å². The summed E-state index contributed by atoms with van der Waals surface area (Å²) in [6.45, 7) is 2.64. The normalized spacial score (nSPS) is 20.5. The Kier molecular flexibility index (Phi) is 5.20. The van der Waals surface area contributed by atoms with Crippen molar-refractivity contribution in [3.63, 3.8) is 0 Å². The molecule has 0 aliphatic heterocycles. The number of carbonyl (C=O) groups excluding carboxylic acids is 2. The second-order valence-corrected chi connectivity index (χ2v) is 5.36. The predicted molar refractivity (Wildman–Crippen MR) is 78.5 cm³/mol. The van der Waals surface area contributed by atoms with Crippen LogP contribution in [0.2, 0.25) is 0 Å². The lowest BCUT2D eigenvalue weighted by Gasteiger charge is -2.01. The molecule has 1 aliphatic carbocycles. The monoisotopic (exact) mass is 291 g/mol. The van der Waals surface area contributed by atoms with E-state index in [9.17, 15) is 9.59 Å². The van der Waals surface area contributed by atoms with Gasteiger partial charge < -0.3 is 14.5 Å². The minimum Gasteiger partial charge on any atom is -0.469 e. The standard InChI is InChI=1S/C16H21NO4/c1-11-10-13(11)14-7-5-12(21-14)6-8-15(18)17-9-3-4-16(19)20-2/h5-8,11,13H,3-4,9-10H2,1-2H3,(H,17,18)/b8-6+. The third kappa shape index (κ3) is 4.77. The van der Waals surface area contributed by atoms with Gasteiger partial charge in [0.2, 0.25) is 5.91 Å². The molecule has 0 saturated heterocycles. The van der Waals surface area contributed by atoms with Crippen molar-refractivity contribution in [1.82, 2.24) is 5.32 Å². The highest BCUT2D eigenvalue weighted by atomic mass is 16.5. The maximum Gasteiger partial charge on any atom is 0.305 e. The van der Waals surface area contributed by atoms with Crippen LogP contribution in [0, 0.1) is 5.92 Å². The van der Waals surface area contributed by atoms with Gasteiger partial charge in [-0.2, -0.15) is 0 Å². The van der Waals surface area contributed by atoms with Crippen molar-refractivity contribution in [2.45, 2.75) is 32.1 Å². The number of nitrogens with one attached hydrogen (secondary N) is 1. The molecule has 1 aliphatic rings. The zero-order valence-corrected chi connectivity index (χ0v) is 12.4. The van der Waals surface area contributed by atoms with Crippen LogP contribution in [0.4, 0.5) is 0 Å². The van der Waals surface area contributed by atoms with Crippen LogP contribution < -0.4 is 5.32 Å². The van der Waals surface area contributed by atoms with Crippen LogP contribution in [-0.4, -0.2) is 25.5 Å². The van der Waals surface area contributed by atoms with Gasteiger partial charge in [-0.15, -0.1) is 0 Å². The van der Waals surface area contributed by atoms with E-state index in [-0.39, 0.29) is 11.9 Å². The van der Waals surface area contributed by atoms with E-state index in [0.717, 1.165) is 5.76 Å². The molecule has 0 radical (unpaired) electrons. The Morgan fingerprint density at radius 2 is 2.24 bits per heavy atom. The zero-order valence-electron chi connectivity index (χ0n) is 12.4. The van der Waals surface area contributed by atoms with Crippen molar-refractivity contribution in [2.75, 3.05) is 13.7 Å². The first-order chi connectivity index (χ1) is 10.1. The Morgan fingerprint density at radius 1 is 1.48 bits per heavy atom. The summed E-state index contributed by atoms with van der Waals surface area (Å²) in [5, 5.41) is 2.71. The Balaban J connectivity index is 1.69. The van der Waals surface area contributed by atoms with E-state index in [1.807, 2.05) is 12.1 Å². The number of carbonyl (C=O) groups is 2. The van der Waals surface area contributed by atoms with E-state index in [1.54, 1.807) is 6.08 Å². The first-order valence-corrected chi connectivity index (χ1v) is 7.22. The molecule has 2 atom stereocenters. The third-order valence-corrected chi connectivity index (χ3v) is 3.61. The summed E-state index contributed by atoms with van der Waals surface area (Å²) in [7, 11) is 1.35. The zero-order chi connectivity index (χ0) is 15.2. The molecular weight excluding hydrogens is 270 g/mol. The van der Waals surface area contributed by atoms with Crippen molar-refractivity contribution in [3.05, 3.63) is 29.7 Å². The van der Waals surface area contributed by atoms with E-state index >= 15 is 0 Å². The molecule has 0 bridgehead atoms. The number of esters is 1. The fraction of sp³-hybridized carbons (Fsp3) is 0.500. The average molecular weight is 291 g/mol. The molecule has 5 heteroatoms. The van der Waals surface area contributed by atoms with Crippen molar-refractivity contribution >= 4 is 18.0 Å². The molecule has 5 nitrogen and oxygen atoms in total. The van der Waals surface area contributed by atoms with Crippen LogP contribution in [0.5, 0.6) is 0 Å². The molecule has 1 amide bonds. The Hall–Kier alpha value is -2.04. The van der Waals surface area contributed by atoms with Gasteiger partial charge in [0.25, 0.3) is 0 Å². The van der Waals surface area contributed by atoms with Crippen LogP contribution in [-0.2, 0) is 14.3 Å². The summed E-state index contributed by atoms with van der Waals surface area (Å²) < 4.78 is 10.2. The molecule has 2 unspecified atom stereocenters. The molecule has 1 aromatic rings. The van der Waals surface area contributed by atoms with E-state index in [2.05, 4.69) is 17.0 Å². The van der Waals surface area contributed by atoms with Crippen LogP contribution in [0.25, 0.3) is 6.08 Å². The number of amides is 1. The lowest BCUT2D eigenvalue weighted by atomic mass is 10.3. The number of hydrogen-bond donors (Lipinski definition) is 1. The molecule has 0 spiro atoms. The largest absolute Gasteiger partial charge is 0.469 e. The van der Waals surface area contributed by atoms with Gasteiger partial charge in [0.15, 0.2) is 0 Å². The van der Waals surface area contributed by atoms with Gasteiger partial charge in [-0.05, 0) is 37.0 Å². The summed E-state index contributed by atoms with van der Waals surface area (Å²) in [5.41, 5.74) is 0. The van der Waals surface area contributed by atoms with Gasteiger partial charge in [0.1, 0.15) is 11.5 Å². The Morgan fingerprint density at radius 3 is 2.90 bits per heavy atom. The van der Waals surface area contributed by atoms with Crippen LogP contribution in [0.3, 0.4) is 0 Å². The number of furan rings is 1. The SMILES string of the molecule is COC(=O)CCCNC(=O)/C=C/c1ccc(C2CC2C)o1. The maximum absolute atomic E-state index is 11.6. The lowest BCUT2D eigenvalue weighted by molar-refractivity contribution is -0.140. The van der Waals surface area contributed by atoms with E-state index < -0.39 is 0 Å². The Bertz CT molecular complexity index is 532. The first kappa shape index (κ1) is 15.4. The summed E-state index contributed by atoms with van der Waals surface area (Å²) in [6, 6.07) is 3.85. The minimum absolute atomic E-state index is 0.197. The van der Waals surface area contributed by atoms with Crippen molar-refractivity contribution in [3.8, 4) is 0 Å². The van der Waals surface area contributed by atoms with Crippen molar-refractivity contribution in [1.29, 1.82) is 0 Å². The van der Waals surface area contributed by atoms with Crippen molar-refractivity contribution in [2.24, 2.45) is 5.92 Å². The van der Waals surface area contributed by atoms with Gasteiger partial charge >= 0.3 is 5.97 Å². The number of hydrogen-bond acceptors (Lipinski definition) is 4. The molecule has 1 aromatic heterocycles. The second-order valence-electron chi connectivity index (χ2n) is 5.36. The van der Waals surface area contributed by atoms with Gasteiger partial charge in [0, 0.05) is 25.0 Å². The van der Waals surface area contributed by atoms with E-state index in [4.69, 9.17) is 4.42 Å². The molecule has 21 heavy (non-hydrogen) atoms. The van der Waals surface area contributed by atoms with Crippen LogP contribution in [0.1, 0.15) is 43.6 Å². The molecule has 0 aromatic carbocycles. The highest BCUT2D eigenvalue weighted by Gasteiger charge is 2.36. The smallest absolute Gasteiger partial charge is 0.305 e. The fourth-order valence-corrected chi connectivity index (χ4v) is 2.14. The first-order valence-electron chi connectivity index (χ1n) is 7.22. The summed E-state index contributed by atoms with van der Waals surface area (Å²) >= 11 is 0. The van der Waals surface area contributed by atoms with Crippen LogP contribution >= 0.6 is 0 Å². The van der Waals surface area contributed by atoms with Gasteiger partial charge in [0.05, 0.1) is 7.11 Å². The molecular formula is C16H21NO4. The lowest BCUT2D eigenvalue weighted by Crippen LogP contribution is -2.22. The summed E-state index contributed by atoms with van der Waals surface area (Å²) in [6.07, 6.45) is 5.15. The molecule has 1 saturated carbocycles. The van der Waals surface area contributed by atoms with E-state index in [1.165, 1.54) is 19.6 Å². The van der Waals surface area contributed by atoms with Gasteiger partial charge in [-0.25, -0.2) is 0 Å².